The fraction of sp³-hybridized carbons (Fsp3) is 0.562. The molecule has 1 unspecified atom stereocenters. The van der Waals surface area contributed by atoms with Crippen molar-refractivity contribution in [3.8, 4) is 0 Å². The number of halogens is 3. The average Bonchev–Trinajstić information content (AvgIpc) is 2.98. The molecular formula is C16H20ClF2NO2. The number of carboxylic acid groups (broad SMARTS) is 1. The molecule has 1 N–H and O–H groups in total. The summed E-state index contributed by atoms with van der Waals surface area (Å²) in [6.07, 6.45) is 2.62. The van der Waals surface area contributed by atoms with Crippen molar-refractivity contribution >= 4 is 18.4 Å². The molecule has 3 atom stereocenters. The van der Waals surface area contributed by atoms with Gasteiger partial charge in [0.15, 0.2) is 11.6 Å². The van der Waals surface area contributed by atoms with E-state index >= 15 is 0 Å². The highest BCUT2D eigenvalue weighted by atomic mass is 35.5. The Morgan fingerprint density at radius 3 is 2.73 bits per heavy atom. The Labute approximate surface area is 134 Å². The van der Waals surface area contributed by atoms with E-state index in [0.29, 0.717) is 25.1 Å². The molecule has 122 valence electrons. The number of fused-ring (bicyclic) bond motifs is 1. The van der Waals surface area contributed by atoms with Gasteiger partial charge in [0.1, 0.15) is 0 Å². The topological polar surface area (TPSA) is 40.5 Å². The Kier molecular flexibility index (Phi) is 4.78. The zero-order valence-corrected chi connectivity index (χ0v) is 13.2. The van der Waals surface area contributed by atoms with Crippen LogP contribution in [0.15, 0.2) is 18.2 Å². The van der Waals surface area contributed by atoms with Crippen LogP contribution >= 0.6 is 12.4 Å². The second-order valence-electron chi connectivity index (χ2n) is 6.33. The molecule has 3 rings (SSSR count). The Hall–Kier alpha value is -1.20. The Morgan fingerprint density at radius 1 is 1.41 bits per heavy atom. The second kappa shape index (κ2) is 6.13. The van der Waals surface area contributed by atoms with E-state index in [4.69, 9.17) is 0 Å². The summed E-state index contributed by atoms with van der Waals surface area (Å²) in [6.45, 7) is 3.13. The number of likely N-dealkylation sites (tertiary alicyclic amines) is 1. The van der Waals surface area contributed by atoms with Gasteiger partial charge in [0, 0.05) is 19.1 Å². The fourth-order valence-corrected chi connectivity index (χ4v) is 3.96. The smallest absolute Gasteiger partial charge is 0.311 e. The van der Waals surface area contributed by atoms with Crippen molar-refractivity contribution < 1.29 is 18.7 Å². The number of nitrogens with zero attached hydrogens (tertiary/aromatic N) is 1. The van der Waals surface area contributed by atoms with Gasteiger partial charge in [-0.3, -0.25) is 9.69 Å². The maximum Gasteiger partial charge on any atom is 0.311 e. The maximum absolute atomic E-state index is 13.4. The van der Waals surface area contributed by atoms with Crippen molar-refractivity contribution in [3.63, 3.8) is 0 Å². The van der Waals surface area contributed by atoms with Crippen LogP contribution in [0, 0.1) is 23.0 Å². The van der Waals surface area contributed by atoms with E-state index in [9.17, 15) is 18.7 Å². The molecule has 1 aliphatic heterocycles. The summed E-state index contributed by atoms with van der Waals surface area (Å²) in [5, 5.41) is 9.59. The zero-order chi connectivity index (χ0) is 15.2. The molecule has 3 nitrogen and oxygen atoms in total. The first-order valence-corrected chi connectivity index (χ1v) is 7.36. The average molecular weight is 332 g/mol. The van der Waals surface area contributed by atoms with E-state index in [1.165, 1.54) is 6.07 Å². The lowest BCUT2D eigenvalue weighted by atomic mass is 9.81. The highest BCUT2D eigenvalue weighted by molar-refractivity contribution is 5.85. The summed E-state index contributed by atoms with van der Waals surface area (Å²) in [6, 6.07) is 3.80. The lowest BCUT2D eigenvalue weighted by Crippen LogP contribution is -2.36. The molecule has 1 aromatic rings. The van der Waals surface area contributed by atoms with Crippen LogP contribution < -0.4 is 0 Å². The number of benzene rings is 1. The number of hydrogen-bond donors (Lipinski definition) is 1. The van der Waals surface area contributed by atoms with Crippen molar-refractivity contribution in [3.05, 3.63) is 35.4 Å². The summed E-state index contributed by atoms with van der Waals surface area (Å²) < 4.78 is 26.4. The van der Waals surface area contributed by atoms with E-state index < -0.39 is 23.0 Å². The van der Waals surface area contributed by atoms with Gasteiger partial charge >= 0.3 is 5.97 Å². The number of aliphatic carboxylic acids is 1. The molecule has 0 amide bonds. The molecule has 1 heterocycles. The van der Waals surface area contributed by atoms with Gasteiger partial charge in [0.25, 0.3) is 0 Å². The largest absolute Gasteiger partial charge is 0.481 e. The third-order valence-corrected chi connectivity index (χ3v) is 5.30. The number of hydrogen-bond acceptors (Lipinski definition) is 2. The first kappa shape index (κ1) is 17.2. The van der Waals surface area contributed by atoms with Gasteiger partial charge in [-0.25, -0.2) is 8.78 Å². The van der Waals surface area contributed by atoms with Crippen LogP contribution in [0.25, 0.3) is 0 Å². The molecule has 2 aliphatic rings. The molecule has 1 aromatic carbocycles. The SMILES string of the molecule is CC(c1ccc(F)c(F)c1)N1C[C@@H]2CCC[C@@]2(C(=O)O)C1.Cl. The lowest BCUT2D eigenvalue weighted by molar-refractivity contribution is -0.149. The number of carboxylic acids is 1. The van der Waals surface area contributed by atoms with E-state index in [0.717, 1.165) is 18.9 Å². The monoisotopic (exact) mass is 331 g/mol. The standard InChI is InChI=1S/C16H19F2NO2.ClH/c1-10(11-4-5-13(17)14(18)7-11)19-8-12-3-2-6-16(12,9-19)15(20)21;/h4-5,7,10,12H,2-3,6,8-9H2,1H3,(H,20,21);1H/t10?,12-,16+;/m0./s1. The van der Waals surface area contributed by atoms with E-state index in [1.54, 1.807) is 6.07 Å². The number of rotatable bonds is 3. The van der Waals surface area contributed by atoms with Crippen LogP contribution in [0.2, 0.25) is 0 Å². The van der Waals surface area contributed by atoms with Crippen LogP contribution in [0.3, 0.4) is 0 Å². The molecule has 0 radical (unpaired) electrons. The summed E-state index contributed by atoms with van der Waals surface area (Å²) in [5.41, 5.74) is 0.0433. The Bertz CT molecular complexity index is 583. The number of carbonyl (C=O) groups is 1. The van der Waals surface area contributed by atoms with Gasteiger partial charge in [-0.15, -0.1) is 12.4 Å². The second-order valence-corrected chi connectivity index (χ2v) is 6.33. The minimum Gasteiger partial charge on any atom is -0.481 e. The van der Waals surface area contributed by atoms with E-state index in [2.05, 4.69) is 4.90 Å². The lowest BCUT2D eigenvalue weighted by Gasteiger charge is -2.27. The Morgan fingerprint density at radius 2 is 2.14 bits per heavy atom. The molecule has 0 spiro atoms. The minimum atomic E-state index is -0.855. The van der Waals surface area contributed by atoms with E-state index in [-0.39, 0.29) is 24.4 Å². The van der Waals surface area contributed by atoms with Crippen molar-refractivity contribution in [2.75, 3.05) is 13.1 Å². The quantitative estimate of drug-likeness (QED) is 0.919. The summed E-state index contributed by atoms with van der Waals surface area (Å²) >= 11 is 0. The zero-order valence-electron chi connectivity index (χ0n) is 12.4. The van der Waals surface area contributed by atoms with Crippen LogP contribution in [0.4, 0.5) is 8.78 Å². The van der Waals surface area contributed by atoms with Gasteiger partial charge in [-0.1, -0.05) is 12.5 Å². The highest BCUT2D eigenvalue weighted by Crippen LogP contribution is 2.50. The summed E-state index contributed by atoms with van der Waals surface area (Å²) in [7, 11) is 0. The van der Waals surface area contributed by atoms with Crippen LogP contribution in [0.1, 0.15) is 37.8 Å². The fourth-order valence-electron chi connectivity index (χ4n) is 3.96. The van der Waals surface area contributed by atoms with Gasteiger partial charge in [0.2, 0.25) is 0 Å². The molecule has 0 bridgehead atoms. The highest BCUT2D eigenvalue weighted by Gasteiger charge is 2.55. The minimum absolute atomic E-state index is 0. The first-order chi connectivity index (χ1) is 9.94. The summed E-state index contributed by atoms with van der Waals surface area (Å²) in [4.78, 5) is 13.8. The van der Waals surface area contributed by atoms with Gasteiger partial charge in [-0.05, 0) is 43.4 Å². The van der Waals surface area contributed by atoms with Gasteiger partial charge < -0.3 is 5.11 Å². The van der Waals surface area contributed by atoms with Crippen LogP contribution in [0.5, 0.6) is 0 Å². The molecule has 6 heteroatoms. The molecule has 0 aromatic heterocycles. The van der Waals surface area contributed by atoms with E-state index in [1.807, 2.05) is 6.92 Å². The normalized spacial score (nSPS) is 29.0. The van der Waals surface area contributed by atoms with Crippen molar-refractivity contribution in [1.29, 1.82) is 0 Å². The predicted octanol–water partition coefficient (Wildman–Crippen LogP) is 3.63. The van der Waals surface area contributed by atoms with Crippen molar-refractivity contribution in [2.24, 2.45) is 11.3 Å². The third kappa shape index (κ3) is 2.61. The predicted molar refractivity (Wildman–Crippen MR) is 81.0 cm³/mol. The molecule has 22 heavy (non-hydrogen) atoms. The molecule has 1 saturated carbocycles. The van der Waals surface area contributed by atoms with Gasteiger partial charge in [-0.2, -0.15) is 0 Å². The molecule has 1 saturated heterocycles. The third-order valence-electron chi connectivity index (χ3n) is 5.30. The molecule has 2 fully saturated rings. The molecular weight excluding hydrogens is 312 g/mol. The Balaban J connectivity index is 0.00000176. The molecule has 1 aliphatic carbocycles. The van der Waals surface area contributed by atoms with Crippen molar-refractivity contribution in [2.45, 2.75) is 32.2 Å². The van der Waals surface area contributed by atoms with Crippen LogP contribution in [-0.4, -0.2) is 29.1 Å². The van der Waals surface area contributed by atoms with Crippen LogP contribution in [-0.2, 0) is 4.79 Å². The van der Waals surface area contributed by atoms with Crippen molar-refractivity contribution in [1.82, 2.24) is 4.90 Å². The summed E-state index contributed by atoms with van der Waals surface area (Å²) in [5.74, 6) is -2.26. The maximum atomic E-state index is 13.4. The first-order valence-electron chi connectivity index (χ1n) is 7.36. The van der Waals surface area contributed by atoms with Gasteiger partial charge in [0.05, 0.1) is 5.41 Å².